The predicted octanol–water partition coefficient (Wildman–Crippen LogP) is 4.37. The van der Waals surface area contributed by atoms with Crippen molar-refractivity contribution in [3.8, 4) is 16.9 Å². The molecule has 0 fully saturated rings. The normalized spacial score (nSPS) is 10.8. The van der Waals surface area contributed by atoms with E-state index in [1.165, 1.54) is 18.2 Å². The third-order valence-electron chi connectivity index (χ3n) is 2.41. The molecule has 0 aliphatic carbocycles. The fourth-order valence-electron chi connectivity index (χ4n) is 1.59. The minimum atomic E-state index is -3.16. The SMILES string of the molecule is Fc1cc(-c2cccc(F)c2F)ccc1OC(F)F. The Bertz CT molecular complexity index is 598. The molecule has 0 atom stereocenters. The van der Waals surface area contributed by atoms with Crippen LogP contribution in [0.15, 0.2) is 36.4 Å². The van der Waals surface area contributed by atoms with E-state index >= 15 is 0 Å². The van der Waals surface area contributed by atoms with Crippen molar-refractivity contribution in [1.82, 2.24) is 0 Å². The van der Waals surface area contributed by atoms with Crippen molar-refractivity contribution in [2.24, 2.45) is 0 Å². The Hall–Kier alpha value is -2.11. The molecule has 0 unspecified atom stereocenters. The van der Waals surface area contributed by atoms with Crippen LogP contribution >= 0.6 is 0 Å². The van der Waals surface area contributed by atoms with E-state index in [-0.39, 0.29) is 11.1 Å². The first-order valence-corrected chi connectivity index (χ1v) is 5.18. The average molecular weight is 274 g/mol. The highest BCUT2D eigenvalue weighted by molar-refractivity contribution is 5.65. The summed E-state index contributed by atoms with van der Waals surface area (Å²) in [7, 11) is 0. The molecule has 0 aromatic heterocycles. The van der Waals surface area contributed by atoms with Gasteiger partial charge in [0.2, 0.25) is 0 Å². The Labute approximate surface area is 105 Å². The zero-order chi connectivity index (χ0) is 14.0. The van der Waals surface area contributed by atoms with Crippen LogP contribution in [0.3, 0.4) is 0 Å². The predicted molar refractivity (Wildman–Crippen MR) is 58.4 cm³/mol. The zero-order valence-corrected chi connectivity index (χ0v) is 9.34. The van der Waals surface area contributed by atoms with Crippen LogP contribution in [0, 0.1) is 17.5 Å². The van der Waals surface area contributed by atoms with Gasteiger partial charge in [0.05, 0.1) is 0 Å². The van der Waals surface area contributed by atoms with Crippen LogP contribution in [-0.2, 0) is 0 Å². The Balaban J connectivity index is 2.42. The topological polar surface area (TPSA) is 9.23 Å². The van der Waals surface area contributed by atoms with E-state index in [1.54, 1.807) is 0 Å². The van der Waals surface area contributed by atoms with Crippen LogP contribution in [0.2, 0.25) is 0 Å². The number of halogens is 5. The summed E-state index contributed by atoms with van der Waals surface area (Å²) in [6.45, 7) is -3.16. The molecule has 6 heteroatoms. The van der Waals surface area contributed by atoms with Crippen LogP contribution in [0.5, 0.6) is 5.75 Å². The smallest absolute Gasteiger partial charge is 0.387 e. The molecule has 0 radical (unpaired) electrons. The van der Waals surface area contributed by atoms with Crippen LogP contribution in [0.25, 0.3) is 11.1 Å². The van der Waals surface area contributed by atoms with Crippen molar-refractivity contribution < 1.29 is 26.7 Å². The molecule has 2 aromatic carbocycles. The van der Waals surface area contributed by atoms with Crippen molar-refractivity contribution >= 4 is 0 Å². The Morgan fingerprint density at radius 3 is 2.26 bits per heavy atom. The first-order valence-electron chi connectivity index (χ1n) is 5.18. The summed E-state index contributed by atoms with van der Waals surface area (Å²) >= 11 is 0. The molecule has 0 heterocycles. The van der Waals surface area contributed by atoms with Crippen molar-refractivity contribution in [3.63, 3.8) is 0 Å². The maximum atomic E-state index is 13.5. The first kappa shape index (κ1) is 13.3. The molecule has 0 aliphatic rings. The molecule has 0 spiro atoms. The van der Waals surface area contributed by atoms with E-state index in [1.807, 2.05) is 0 Å². The van der Waals surface area contributed by atoms with Crippen molar-refractivity contribution in [2.45, 2.75) is 6.61 Å². The van der Waals surface area contributed by atoms with Gasteiger partial charge in [0, 0.05) is 5.56 Å². The van der Waals surface area contributed by atoms with Crippen molar-refractivity contribution in [3.05, 3.63) is 53.8 Å². The molecular formula is C13H7F5O. The molecule has 100 valence electrons. The van der Waals surface area contributed by atoms with Crippen molar-refractivity contribution in [1.29, 1.82) is 0 Å². The summed E-state index contributed by atoms with van der Waals surface area (Å²) in [6.07, 6.45) is 0. The summed E-state index contributed by atoms with van der Waals surface area (Å²) < 4.78 is 67.8. The van der Waals surface area contributed by atoms with Gasteiger partial charge in [-0.05, 0) is 23.8 Å². The van der Waals surface area contributed by atoms with Crippen LogP contribution < -0.4 is 4.74 Å². The number of hydrogen-bond acceptors (Lipinski definition) is 1. The van der Waals surface area contributed by atoms with E-state index in [0.29, 0.717) is 0 Å². The lowest BCUT2D eigenvalue weighted by atomic mass is 10.0. The highest BCUT2D eigenvalue weighted by Gasteiger charge is 2.14. The van der Waals surface area contributed by atoms with Gasteiger partial charge in [-0.3, -0.25) is 0 Å². The summed E-state index contributed by atoms with van der Waals surface area (Å²) in [6, 6.07) is 6.33. The van der Waals surface area contributed by atoms with Crippen LogP contribution in [0.4, 0.5) is 22.0 Å². The largest absolute Gasteiger partial charge is 0.432 e. The highest BCUT2D eigenvalue weighted by atomic mass is 19.3. The van der Waals surface area contributed by atoms with Gasteiger partial charge in [0.1, 0.15) is 0 Å². The van der Waals surface area contributed by atoms with Crippen LogP contribution in [-0.4, -0.2) is 6.61 Å². The molecule has 0 bridgehead atoms. The van der Waals surface area contributed by atoms with Gasteiger partial charge in [-0.15, -0.1) is 0 Å². The third-order valence-corrected chi connectivity index (χ3v) is 2.41. The molecule has 0 aliphatic heterocycles. The Morgan fingerprint density at radius 2 is 1.63 bits per heavy atom. The molecular weight excluding hydrogens is 267 g/mol. The molecule has 0 saturated carbocycles. The maximum Gasteiger partial charge on any atom is 0.387 e. The van der Waals surface area contributed by atoms with E-state index in [2.05, 4.69) is 4.74 Å². The molecule has 0 N–H and O–H groups in total. The summed E-state index contributed by atoms with van der Waals surface area (Å²) in [4.78, 5) is 0. The number of alkyl halides is 2. The second-order valence-corrected chi connectivity index (χ2v) is 3.63. The van der Waals surface area contributed by atoms with Crippen LogP contribution in [0.1, 0.15) is 0 Å². The van der Waals surface area contributed by atoms with Gasteiger partial charge in [0.25, 0.3) is 0 Å². The van der Waals surface area contributed by atoms with Gasteiger partial charge >= 0.3 is 6.61 Å². The molecule has 1 nitrogen and oxygen atoms in total. The molecule has 2 aromatic rings. The number of benzene rings is 2. The first-order chi connectivity index (χ1) is 8.99. The molecule has 0 saturated heterocycles. The Kier molecular flexibility index (Phi) is 3.69. The van der Waals surface area contributed by atoms with Gasteiger partial charge in [0.15, 0.2) is 23.2 Å². The summed E-state index contributed by atoms with van der Waals surface area (Å²) in [5.74, 6) is -3.95. The van der Waals surface area contributed by atoms with Gasteiger partial charge < -0.3 is 4.74 Å². The molecule has 0 amide bonds. The lowest BCUT2D eigenvalue weighted by molar-refractivity contribution is -0.0521. The van der Waals surface area contributed by atoms with Gasteiger partial charge in [-0.2, -0.15) is 8.78 Å². The average Bonchev–Trinajstić information content (AvgIpc) is 2.35. The van der Waals surface area contributed by atoms with E-state index < -0.39 is 29.8 Å². The zero-order valence-electron chi connectivity index (χ0n) is 9.34. The van der Waals surface area contributed by atoms with E-state index in [9.17, 15) is 22.0 Å². The number of hydrogen-bond donors (Lipinski definition) is 0. The standard InChI is InChI=1S/C13H7F5O/c14-9-3-1-2-8(12(9)16)7-4-5-11(10(15)6-7)19-13(17)18/h1-6,13H. The van der Waals surface area contributed by atoms with Gasteiger partial charge in [-0.1, -0.05) is 18.2 Å². The monoisotopic (exact) mass is 274 g/mol. The lowest BCUT2D eigenvalue weighted by Gasteiger charge is -2.08. The minimum Gasteiger partial charge on any atom is -0.432 e. The second-order valence-electron chi connectivity index (χ2n) is 3.63. The number of ether oxygens (including phenoxy) is 1. The fraction of sp³-hybridized carbons (Fsp3) is 0.0769. The van der Waals surface area contributed by atoms with Gasteiger partial charge in [-0.25, -0.2) is 13.2 Å². The summed E-state index contributed by atoms with van der Waals surface area (Å²) in [5, 5.41) is 0. The molecule has 2 rings (SSSR count). The van der Waals surface area contributed by atoms with E-state index in [0.717, 1.165) is 18.2 Å². The lowest BCUT2D eigenvalue weighted by Crippen LogP contribution is -2.03. The van der Waals surface area contributed by atoms with E-state index in [4.69, 9.17) is 0 Å². The number of rotatable bonds is 3. The fourth-order valence-corrected chi connectivity index (χ4v) is 1.59. The highest BCUT2D eigenvalue weighted by Crippen LogP contribution is 2.29. The summed E-state index contributed by atoms with van der Waals surface area (Å²) in [5.41, 5.74) is -0.140. The maximum absolute atomic E-state index is 13.5. The third kappa shape index (κ3) is 2.83. The molecule has 19 heavy (non-hydrogen) atoms. The quantitative estimate of drug-likeness (QED) is 0.755. The Morgan fingerprint density at radius 1 is 0.895 bits per heavy atom. The second kappa shape index (κ2) is 5.26. The van der Waals surface area contributed by atoms with Crippen molar-refractivity contribution in [2.75, 3.05) is 0 Å². The minimum absolute atomic E-state index is 0.0242.